The van der Waals surface area contributed by atoms with E-state index >= 15 is 0 Å². The second-order valence-electron chi connectivity index (χ2n) is 6.45. The van der Waals surface area contributed by atoms with Crippen LogP contribution >= 0.6 is 23.1 Å². The molecule has 2 fully saturated rings. The Hall–Kier alpha value is -0.680. The number of nitrogens with two attached hydrogens (primary N) is 1. The molecule has 0 bridgehead atoms. The summed E-state index contributed by atoms with van der Waals surface area (Å²) in [7, 11) is 0. The number of rotatable bonds is 8. The molecule has 5 heteroatoms. The summed E-state index contributed by atoms with van der Waals surface area (Å²) in [5.41, 5.74) is 7.43. The molecule has 1 aromatic heterocycles. The minimum Gasteiger partial charge on any atom is -0.396 e. The SMILES string of the molecule is CCCC1(CNc2sc(C(=O)C3CC3)c(N)c2SC)CC1. The van der Waals surface area contributed by atoms with Crippen LogP contribution in [-0.2, 0) is 0 Å². The lowest BCUT2D eigenvalue weighted by Crippen LogP contribution is -2.14. The van der Waals surface area contributed by atoms with Crippen LogP contribution in [0.4, 0.5) is 10.7 Å². The van der Waals surface area contributed by atoms with Crippen LogP contribution in [0.2, 0.25) is 0 Å². The summed E-state index contributed by atoms with van der Waals surface area (Å²) < 4.78 is 0. The monoisotopic (exact) mass is 324 g/mol. The highest BCUT2D eigenvalue weighted by Gasteiger charge is 2.41. The Morgan fingerprint density at radius 3 is 2.71 bits per heavy atom. The molecule has 0 atom stereocenters. The number of nitrogens with one attached hydrogen (secondary N) is 1. The highest BCUT2D eigenvalue weighted by molar-refractivity contribution is 7.99. The van der Waals surface area contributed by atoms with Gasteiger partial charge in [0.2, 0.25) is 0 Å². The molecular formula is C16H24N2OS2. The molecule has 3 nitrogen and oxygen atoms in total. The van der Waals surface area contributed by atoms with Gasteiger partial charge in [-0.05, 0) is 43.8 Å². The van der Waals surface area contributed by atoms with Crippen molar-refractivity contribution in [1.82, 2.24) is 0 Å². The second-order valence-corrected chi connectivity index (χ2v) is 8.29. The van der Waals surface area contributed by atoms with Gasteiger partial charge in [0, 0.05) is 12.5 Å². The topological polar surface area (TPSA) is 55.1 Å². The average Bonchev–Trinajstić information content (AvgIpc) is 3.36. The van der Waals surface area contributed by atoms with E-state index in [9.17, 15) is 4.79 Å². The number of thiophene rings is 1. The second kappa shape index (κ2) is 5.84. The van der Waals surface area contributed by atoms with E-state index in [1.807, 2.05) is 6.26 Å². The van der Waals surface area contributed by atoms with Gasteiger partial charge >= 0.3 is 0 Å². The van der Waals surface area contributed by atoms with Gasteiger partial charge in [0.1, 0.15) is 5.00 Å². The molecule has 21 heavy (non-hydrogen) atoms. The first-order chi connectivity index (χ1) is 10.1. The van der Waals surface area contributed by atoms with Crippen LogP contribution in [0.3, 0.4) is 0 Å². The van der Waals surface area contributed by atoms with Crippen LogP contribution < -0.4 is 11.1 Å². The van der Waals surface area contributed by atoms with Crippen molar-refractivity contribution in [2.45, 2.75) is 50.3 Å². The Labute approximate surface area is 135 Å². The summed E-state index contributed by atoms with van der Waals surface area (Å²) in [4.78, 5) is 14.2. The van der Waals surface area contributed by atoms with Crippen molar-refractivity contribution in [3.8, 4) is 0 Å². The molecule has 116 valence electrons. The maximum absolute atomic E-state index is 12.3. The lowest BCUT2D eigenvalue weighted by molar-refractivity contribution is 0.0972. The Kier molecular flexibility index (Phi) is 4.23. The first kappa shape index (κ1) is 15.2. The van der Waals surface area contributed by atoms with Crippen molar-refractivity contribution in [3.63, 3.8) is 0 Å². The van der Waals surface area contributed by atoms with E-state index in [0.29, 0.717) is 11.1 Å². The van der Waals surface area contributed by atoms with Gasteiger partial charge in [-0.15, -0.1) is 23.1 Å². The van der Waals surface area contributed by atoms with Crippen molar-refractivity contribution in [3.05, 3.63) is 4.88 Å². The Bertz CT molecular complexity index is 545. The highest BCUT2D eigenvalue weighted by atomic mass is 32.2. The summed E-state index contributed by atoms with van der Waals surface area (Å²) in [5.74, 6) is 0.499. The molecule has 0 amide bonds. The maximum atomic E-state index is 12.3. The van der Waals surface area contributed by atoms with Crippen LogP contribution in [0.1, 0.15) is 55.1 Å². The molecule has 0 radical (unpaired) electrons. The third-order valence-electron chi connectivity index (χ3n) is 4.64. The number of thioether (sulfide) groups is 1. The van der Waals surface area contributed by atoms with E-state index in [-0.39, 0.29) is 11.7 Å². The van der Waals surface area contributed by atoms with Gasteiger partial charge in [-0.25, -0.2) is 0 Å². The largest absolute Gasteiger partial charge is 0.396 e. The van der Waals surface area contributed by atoms with Gasteiger partial charge in [-0.2, -0.15) is 0 Å². The lowest BCUT2D eigenvalue weighted by atomic mass is 10.0. The van der Waals surface area contributed by atoms with E-state index in [4.69, 9.17) is 5.73 Å². The average molecular weight is 325 g/mol. The van der Waals surface area contributed by atoms with E-state index in [2.05, 4.69) is 12.2 Å². The molecule has 0 spiro atoms. The first-order valence-corrected chi connectivity index (χ1v) is 9.88. The van der Waals surface area contributed by atoms with Gasteiger partial charge in [-0.3, -0.25) is 4.79 Å². The van der Waals surface area contributed by atoms with Gasteiger partial charge < -0.3 is 11.1 Å². The van der Waals surface area contributed by atoms with Crippen LogP contribution in [0.15, 0.2) is 4.90 Å². The quantitative estimate of drug-likeness (QED) is 0.540. The molecule has 3 rings (SSSR count). The summed E-state index contributed by atoms with van der Waals surface area (Å²) in [6, 6.07) is 0. The first-order valence-electron chi connectivity index (χ1n) is 7.84. The van der Waals surface area contributed by atoms with Gasteiger partial charge in [0.15, 0.2) is 5.78 Å². The van der Waals surface area contributed by atoms with Crippen LogP contribution in [0.25, 0.3) is 0 Å². The standard InChI is InChI=1S/C16H24N2OS2/c1-3-6-16(7-8-16)9-18-15-14(20-2)11(17)13(21-15)12(19)10-4-5-10/h10,18H,3-9,17H2,1-2H3. The minimum atomic E-state index is 0.239. The Morgan fingerprint density at radius 2 is 2.19 bits per heavy atom. The fraction of sp³-hybridized carbons (Fsp3) is 0.688. The molecule has 0 aliphatic heterocycles. The van der Waals surface area contributed by atoms with Crippen molar-refractivity contribution in [2.75, 3.05) is 23.9 Å². The number of ketones is 1. The fourth-order valence-corrected chi connectivity index (χ4v) is 5.00. The predicted octanol–water partition coefficient (Wildman–Crippen LogP) is 4.64. The van der Waals surface area contributed by atoms with E-state index in [1.165, 1.54) is 25.7 Å². The number of carbonyl (C=O) groups is 1. The summed E-state index contributed by atoms with van der Waals surface area (Å²) >= 11 is 3.21. The number of Topliss-reactive ketones (excluding diaryl/α,β-unsaturated/α-hetero) is 1. The van der Waals surface area contributed by atoms with Crippen LogP contribution in [-0.4, -0.2) is 18.6 Å². The molecule has 1 heterocycles. The van der Waals surface area contributed by atoms with E-state index in [0.717, 1.165) is 34.2 Å². The van der Waals surface area contributed by atoms with Crippen LogP contribution in [0.5, 0.6) is 0 Å². The zero-order valence-corrected chi connectivity index (χ0v) is 14.5. The Morgan fingerprint density at radius 1 is 1.48 bits per heavy atom. The third kappa shape index (κ3) is 3.09. The van der Waals surface area contributed by atoms with Gasteiger partial charge in [0.05, 0.1) is 15.5 Å². The molecule has 2 saturated carbocycles. The van der Waals surface area contributed by atoms with Gasteiger partial charge in [0.25, 0.3) is 0 Å². The highest BCUT2D eigenvalue weighted by Crippen LogP contribution is 2.51. The van der Waals surface area contributed by atoms with Crippen molar-refractivity contribution < 1.29 is 4.79 Å². The summed E-state index contributed by atoms with van der Waals surface area (Å²) in [6.45, 7) is 3.27. The minimum absolute atomic E-state index is 0.239. The molecule has 3 N–H and O–H groups in total. The fourth-order valence-electron chi connectivity index (χ4n) is 2.95. The van der Waals surface area contributed by atoms with Crippen molar-refractivity contribution >= 4 is 39.6 Å². The third-order valence-corrected chi connectivity index (χ3v) is 6.78. The number of anilines is 2. The lowest BCUT2D eigenvalue weighted by Gasteiger charge is -2.15. The molecule has 2 aliphatic carbocycles. The summed E-state index contributed by atoms with van der Waals surface area (Å²) in [5, 5.41) is 4.70. The molecule has 2 aliphatic rings. The summed E-state index contributed by atoms with van der Waals surface area (Å²) in [6.07, 6.45) is 9.31. The molecule has 0 unspecified atom stereocenters. The zero-order chi connectivity index (χ0) is 15.0. The molecule has 1 aromatic rings. The zero-order valence-electron chi connectivity index (χ0n) is 12.8. The van der Waals surface area contributed by atoms with Crippen LogP contribution in [0, 0.1) is 11.3 Å². The van der Waals surface area contributed by atoms with E-state index in [1.54, 1.807) is 23.1 Å². The number of hydrogen-bond donors (Lipinski definition) is 2. The van der Waals surface area contributed by atoms with E-state index < -0.39 is 0 Å². The Balaban J connectivity index is 1.75. The number of nitrogen functional groups attached to an aromatic ring is 1. The molecular weight excluding hydrogens is 300 g/mol. The van der Waals surface area contributed by atoms with Crippen molar-refractivity contribution in [1.29, 1.82) is 0 Å². The molecule has 0 saturated heterocycles. The predicted molar refractivity (Wildman–Crippen MR) is 92.6 cm³/mol. The number of hydrogen-bond acceptors (Lipinski definition) is 5. The van der Waals surface area contributed by atoms with Crippen molar-refractivity contribution in [2.24, 2.45) is 11.3 Å². The van der Waals surface area contributed by atoms with Gasteiger partial charge in [-0.1, -0.05) is 13.3 Å². The number of carbonyl (C=O) groups excluding carboxylic acids is 1. The molecule has 0 aromatic carbocycles. The normalized spacial score (nSPS) is 19.5. The maximum Gasteiger partial charge on any atom is 0.178 e. The smallest absolute Gasteiger partial charge is 0.178 e.